The molecule has 1 fully saturated rings. The average molecular weight is 274 g/mol. The third-order valence-corrected chi connectivity index (χ3v) is 3.73. The number of piperidine rings is 1. The molecule has 2 aromatic rings. The topological polar surface area (TPSA) is 53.2 Å². The fraction of sp³-hybridized carbons (Fsp3) is 0.333. The summed E-state index contributed by atoms with van der Waals surface area (Å²) in [6, 6.07) is 4.13. The van der Waals surface area contributed by atoms with Crippen LogP contribution in [0.15, 0.2) is 24.4 Å². The number of nitrogens with one attached hydrogen (secondary N) is 1. The van der Waals surface area contributed by atoms with E-state index in [1.54, 1.807) is 4.90 Å². The number of aromatic nitrogens is 1. The Morgan fingerprint density at radius 1 is 1.15 bits per heavy atom. The van der Waals surface area contributed by atoms with Gasteiger partial charge in [0.15, 0.2) is 0 Å². The monoisotopic (exact) mass is 274 g/mol. The van der Waals surface area contributed by atoms with Gasteiger partial charge < -0.3 is 9.88 Å². The fourth-order valence-electron chi connectivity index (χ4n) is 2.64. The number of carbonyl (C=O) groups excluding carboxylic acids is 2. The largest absolute Gasteiger partial charge is 0.360 e. The molecule has 4 nitrogen and oxygen atoms in total. The van der Waals surface area contributed by atoms with Crippen molar-refractivity contribution in [3.8, 4) is 0 Å². The molecule has 0 radical (unpaired) electrons. The van der Waals surface area contributed by atoms with Crippen molar-refractivity contribution in [2.24, 2.45) is 0 Å². The number of ketones is 1. The van der Waals surface area contributed by atoms with Gasteiger partial charge in [-0.05, 0) is 37.5 Å². The van der Waals surface area contributed by atoms with Crippen molar-refractivity contribution in [3.63, 3.8) is 0 Å². The molecule has 0 atom stereocenters. The highest BCUT2D eigenvalue weighted by Gasteiger charge is 2.26. The molecule has 1 saturated heterocycles. The molecule has 0 spiro atoms. The molecule has 5 heteroatoms. The number of rotatable bonds is 2. The van der Waals surface area contributed by atoms with Gasteiger partial charge in [-0.15, -0.1) is 0 Å². The van der Waals surface area contributed by atoms with E-state index in [2.05, 4.69) is 4.98 Å². The summed E-state index contributed by atoms with van der Waals surface area (Å²) in [5.41, 5.74) is 0.843. The van der Waals surface area contributed by atoms with Gasteiger partial charge in [-0.3, -0.25) is 9.59 Å². The van der Waals surface area contributed by atoms with E-state index >= 15 is 0 Å². The maximum absolute atomic E-state index is 13.1. The molecule has 1 aliphatic heterocycles. The lowest BCUT2D eigenvalue weighted by molar-refractivity contribution is -0.127. The van der Waals surface area contributed by atoms with E-state index in [1.165, 1.54) is 24.4 Å². The molecule has 0 saturated carbocycles. The van der Waals surface area contributed by atoms with Crippen LogP contribution in [0.25, 0.3) is 10.9 Å². The molecule has 1 aromatic carbocycles. The number of nitrogens with zero attached hydrogens (tertiary/aromatic N) is 1. The molecule has 1 aliphatic rings. The van der Waals surface area contributed by atoms with Crippen molar-refractivity contribution >= 4 is 22.6 Å². The molecule has 0 bridgehead atoms. The summed E-state index contributed by atoms with van der Waals surface area (Å²) in [5.74, 6) is -1.36. The summed E-state index contributed by atoms with van der Waals surface area (Å²) in [5, 5.41) is 0.585. The lowest BCUT2D eigenvalue weighted by Gasteiger charge is -2.25. The van der Waals surface area contributed by atoms with E-state index in [4.69, 9.17) is 0 Å². The molecule has 0 unspecified atom stereocenters. The number of aromatic amines is 1. The summed E-state index contributed by atoms with van der Waals surface area (Å²) in [7, 11) is 0. The summed E-state index contributed by atoms with van der Waals surface area (Å²) < 4.78 is 13.1. The summed E-state index contributed by atoms with van der Waals surface area (Å²) in [6.45, 7) is 1.28. The SMILES string of the molecule is O=C(C(=O)N1CCCCC1)c1c[nH]c2cc(F)ccc12. The van der Waals surface area contributed by atoms with Gasteiger partial charge in [-0.2, -0.15) is 0 Å². The third kappa shape index (κ3) is 2.19. The van der Waals surface area contributed by atoms with Crippen LogP contribution in [0.1, 0.15) is 29.6 Å². The number of benzene rings is 1. The molecule has 20 heavy (non-hydrogen) atoms. The molecule has 1 aromatic heterocycles. The van der Waals surface area contributed by atoms with Crippen molar-refractivity contribution in [3.05, 3.63) is 35.8 Å². The molecule has 0 aliphatic carbocycles. The molecule has 104 valence electrons. The second kappa shape index (κ2) is 5.07. The number of likely N-dealkylation sites (tertiary alicyclic amines) is 1. The predicted molar refractivity (Wildman–Crippen MR) is 73.0 cm³/mol. The van der Waals surface area contributed by atoms with Crippen molar-refractivity contribution in [1.82, 2.24) is 9.88 Å². The van der Waals surface area contributed by atoms with Gasteiger partial charge in [-0.1, -0.05) is 0 Å². The highest BCUT2D eigenvalue weighted by atomic mass is 19.1. The third-order valence-electron chi connectivity index (χ3n) is 3.73. The van der Waals surface area contributed by atoms with Gasteiger partial charge in [0, 0.05) is 30.2 Å². The summed E-state index contributed by atoms with van der Waals surface area (Å²) in [4.78, 5) is 28.9. The van der Waals surface area contributed by atoms with Crippen LogP contribution < -0.4 is 0 Å². The Morgan fingerprint density at radius 3 is 2.65 bits per heavy atom. The Labute approximate surface area is 115 Å². The van der Waals surface area contributed by atoms with E-state index in [1.807, 2.05) is 0 Å². The Kier molecular flexibility index (Phi) is 3.26. The minimum absolute atomic E-state index is 0.315. The zero-order valence-corrected chi connectivity index (χ0v) is 11.0. The first-order valence-electron chi connectivity index (χ1n) is 6.77. The molecule has 2 heterocycles. The number of amides is 1. The first kappa shape index (κ1) is 12.8. The molecular formula is C15H15FN2O2. The Bertz CT molecular complexity index is 672. The first-order chi connectivity index (χ1) is 9.66. The van der Waals surface area contributed by atoms with Gasteiger partial charge in [-0.25, -0.2) is 4.39 Å². The van der Waals surface area contributed by atoms with Crippen LogP contribution in [0.4, 0.5) is 4.39 Å². The van der Waals surface area contributed by atoms with E-state index < -0.39 is 11.7 Å². The van der Waals surface area contributed by atoms with Crippen molar-refractivity contribution < 1.29 is 14.0 Å². The Hall–Kier alpha value is -2.17. The van der Waals surface area contributed by atoms with Crippen LogP contribution in [-0.2, 0) is 4.79 Å². The molecular weight excluding hydrogens is 259 g/mol. The second-order valence-electron chi connectivity index (χ2n) is 5.07. The first-order valence-corrected chi connectivity index (χ1v) is 6.77. The van der Waals surface area contributed by atoms with Crippen LogP contribution in [0.5, 0.6) is 0 Å². The Balaban J connectivity index is 1.90. The fourth-order valence-corrected chi connectivity index (χ4v) is 2.64. The predicted octanol–water partition coefficient (Wildman–Crippen LogP) is 2.50. The maximum Gasteiger partial charge on any atom is 0.295 e. The van der Waals surface area contributed by atoms with Crippen molar-refractivity contribution in [2.75, 3.05) is 13.1 Å². The highest BCUT2D eigenvalue weighted by Crippen LogP contribution is 2.21. The van der Waals surface area contributed by atoms with E-state index in [9.17, 15) is 14.0 Å². The van der Waals surface area contributed by atoms with Crippen LogP contribution in [0, 0.1) is 5.82 Å². The lowest BCUT2D eigenvalue weighted by atomic mass is 10.1. The van der Waals surface area contributed by atoms with Gasteiger partial charge in [0.05, 0.1) is 5.56 Å². The van der Waals surface area contributed by atoms with Crippen LogP contribution in [-0.4, -0.2) is 34.7 Å². The number of Topliss-reactive ketones (excluding diaryl/α,β-unsaturated/α-hetero) is 1. The highest BCUT2D eigenvalue weighted by molar-refractivity contribution is 6.44. The normalized spacial score (nSPS) is 15.6. The molecule has 1 amide bonds. The quantitative estimate of drug-likeness (QED) is 0.675. The van der Waals surface area contributed by atoms with E-state index in [-0.39, 0.29) is 5.82 Å². The molecule has 1 N–H and O–H groups in total. The number of hydrogen-bond donors (Lipinski definition) is 1. The maximum atomic E-state index is 13.1. The van der Waals surface area contributed by atoms with Gasteiger partial charge in [0.2, 0.25) is 0 Å². The van der Waals surface area contributed by atoms with Crippen molar-refractivity contribution in [1.29, 1.82) is 0 Å². The van der Waals surface area contributed by atoms with E-state index in [0.29, 0.717) is 29.6 Å². The number of halogens is 1. The number of hydrogen-bond acceptors (Lipinski definition) is 2. The number of H-pyrrole nitrogens is 1. The minimum atomic E-state index is -0.523. The standard InChI is InChI=1S/C15H15FN2O2/c16-10-4-5-11-12(9-17-13(11)8-10)14(19)15(20)18-6-2-1-3-7-18/h4-5,8-9,17H,1-3,6-7H2. The Morgan fingerprint density at radius 2 is 1.90 bits per heavy atom. The van der Waals surface area contributed by atoms with Crippen molar-refractivity contribution in [2.45, 2.75) is 19.3 Å². The number of carbonyl (C=O) groups is 2. The second-order valence-corrected chi connectivity index (χ2v) is 5.07. The zero-order chi connectivity index (χ0) is 14.1. The van der Waals surface area contributed by atoms with E-state index in [0.717, 1.165) is 19.3 Å². The summed E-state index contributed by atoms with van der Waals surface area (Å²) in [6.07, 6.45) is 4.47. The van der Waals surface area contributed by atoms with Crippen LogP contribution >= 0.6 is 0 Å². The van der Waals surface area contributed by atoms with Crippen LogP contribution in [0.3, 0.4) is 0 Å². The van der Waals surface area contributed by atoms with Crippen LogP contribution in [0.2, 0.25) is 0 Å². The molecule has 3 rings (SSSR count). The zero-order valence-electron chi connectivity index (χ0n) is 11.0. The minimum Gasteiger partial charge on any atom is -0.360 e. The smallest absolute Gasteiger partial charge is 0.295 e. The van der Waals surface area contributed by atoms with Gasteiger partial charge in [0.25, 0.3) is 11.7 Å². The lowest BCUT2D eigenvalue weighted by Crippen LogP contribution is -2.40. The average Bonchev–Trinajstić information content (AvgIpc) is 2.89. The van der Waals surface area contributed by atoms with Gasteiger partial charge >= 0.3 is 0 Å². The summed E-state index contributed by atoms with van der Waals surface area (Å²) >= 11 is 0. The van der Waals surface area contributed by atoms with Gasteiger partial charge in [0.1, 0.15) is 5.82 Å². The number of fused-ring (bicyclic) bond motifs is 1.